The van der Waals surface area contributed by atoms with E-state index in [0.29, 0.717) is 5.56 Å². The second-order valence-corrected chi connectivity index (χ2v) is 4.19. The molecule has 1 unspecified atom stereocenters. The molecule has 0 saturated carbocycles. The number of amides is 1. The average molecular weight is 276 g/mol. The van der Waals surface area contributed by atoms with Crippen molar-refractivity contribution in [1.29, 1.82) is 0 Å². The van der Waals surface area contributed by atoms with Crippen LogP contribution in [0.5, 0.6) is 5.75 Å². The summed E-state index contributed by atoms with van der Waals surface area (Å²) in [5.41, 5.74) is 0.311. The van der Waals surface area contributed by atoms with Crippen molar-refractivity contribution in [2.45, 2.75) is 12.5 Å². The number of nitrogens with zero attached hydrogens (tertiary/aromatic N) is 1. The number of rotatable bonds is 4. The van der Waals surface area contributed by atoms with Gasteiger partial charge in [0.15, 0.2) is 11.6 Å². The third-order valence-corrected chi connectivity index (χ3v) is 2.66. The summed E-state index contributed by atoms with van der Waals surface area (Å²) in [5.74, 6) is -1.16. The quantitative estimate of drug-likeness (QED) is 0.797. The fourth-order valence-electron chi connectivity index (χ4n) is 1.68. The Balaban J connectivity index is 2.00. The van der Waals surface area contributed by atoms with E-state index in [4.69, 9.17) is 0 Å². The number of hydrogen-bond acceptors (Lipinski definition) is 4. The summed E-state index contributed by atoms with van der Waals surface area (Å²) in [6.07, 6.45) is 0.0224. The number of anilines is 1. The lowest BCUT2D eigenvalue weighted by molar-refractivity contribution is -0.118. The zero-order valence-electron chi connectivity index (χ0n) is 10.5. The molecule has 0 aliphatic heterocycles. The van der Waals surface area contributed by atoms with Crippen LogP contribution in [0.25, 0.3) is 0 Å². The van der Waals surface area contributed by atoms with Crippen LogP contribution in [0.2, 0.25) is 0 Å². The predicted octanol–water partition coefficient (Wildman–Crippen LogP) is 1.99. The van der Waals surface area contributed by atoms with Crippen LogP contribution in [-0.4, -0.2) is 21.1 Å². The zero-order chi connectivity index (χ0) is 14.5. The molecule has 104 valence electrons. The van der Waals surface area contributed by atoms with Gasteiger partial charge in [0.05, 0.1) is 12.5 Å². The Morgan fingerprint density at radius 2 is 2.15 bits per heavy atom. The third-order valence-electron chi connectivity index (χ3n) is 2.66. The molecule has 0 fully saturated rings. The molecule has 2 rings (SSSR count). The van der Waals surface area contributed by atoms with Crippen molar-refractivity contribution in [1.82, 2.24) is 4.98 Å². The molecule has 0 saturated heterocycles. The normalized spacial score (nSPS) is 11.9. The number of nitrogens with one attached hydrogen (secondary N) is 1. The highest BCUT2D eigenvalue weighted by Crippen LogP contribution is 2.21. The monoisotopic (exact) mass is 276 g/mol. The number of pyridine rings is 1. The van der Waals surface area contributed by atoms with E-state index in [1.165, 1.54) is 36.5 Å². The number of aliphatic hydroxyl groups is 1. The molecule has 1 atom stereocenters. The Morgan fingerprint density at radius 1 is 1.35 bits per heavy atom. The van der Waals surface area contributed by atoms with Crippen molar-refractivity contribution in [3.63, 3.8) is 0 Å². The van der Waals surface area contributed by atoms with Gasteiger partial charge in [-0.1, -0.05) is 12.1 Å². The lowest BCUT2D eigenvalue weighted by atomic mass is 10.1. The highest BCUT2D eigenvalue weighted by molar-refractivity contribution is 5.91. The number of hydrogen-bond donors (Lipinski definition) is 3. The third kappa shape index (κ3) is 3.52. The first-order chi connectivity index (χ1) is 9.56. The fraction of sp³-hybridized carbons (Fsp3) is 0.143. The van der Waals surface area contributed by atoms with Gasteiger partial charge in [-0.3, -0.25) is 4.79 Å². The van der Waals surface area contributed by atoms with Crippen LogP contribution in [0, 0.1) is 5.82 Å². The summed E-state index contributed by atoms with van der Waals surface area (Å²) in [6.45, 7) is 0. The van der Waals surface area contributed by atoms with Gasteiger partial charge in [-0.05, 0) is 29.8 Å². The molecule has 1 aromatic carbocycles. The van der Waals surface area contributed by atoms with Crippen molar-refractivity contribution < 1.29 is 19.4 Å². The minimum absolute atomic E-state index is 0.0175. The molecule has 5 nitrogen and oxygen atoms in total. The van der Waals surface area contributed by atoms with Crippen LogP contribution in [-0.2, 0) is 4.79 Å². The number of aliphatic hydroxyl groups excluding tert-OH is 1. The first-order valence-corrected chi connectivity index (χ1v) is 5.93. The smallest absolute Gasteiger partial charge is 0.228 e. The Hall–Kier alpha value is -2.47. The topological polar surface area (TPSA) is 82.5 Å². The number of carbonyl (C=O) groups excluding carboxylic acids is 1. The molecule has 0 spiro atoms. The predicted molar refractivity (Wildman–Crippen MR) is 70.5 cm³/mol. The Kier molecular flexibility index (Phi) is 4.27. The van der Waals surface area contributed by atoms with Gasteiger partial charge in [0.1, 0.15) is 5.82 Å². The van der Waals surface area contributed by atoms with Gasteiger partial charge >= 0.3 is 0 Å². The van der Waals surface area contributed by atoms with Crippen LogP contribution in [0.15, 0.2) is 42.6 Å². The lowest BCUT2D eigenvalue weighted by Gasteiger charge is -2.11. The molecule has 1 aromatic heterocycles. The van der Waals surface area contributed by atoms with Crippen molar-refractivity contribution in [2.24, 2.45) is 0 Å². The van der Waals surface area contributed by atoms with Crippen LogP contribution >= 0.6 is 0 Å². The molecule has 1 heterocycles. The van der Waals surface area contributed by atoms with Crippen LogP contribution in [0.3, 0.4) is 0 Å². The zero-order valence-corrected chi connectivity index (χ0v) is 10.5. The lowest BCUT2D eigenvalue weighted by Crippen LogP contribution is -2.16. The summed E-state index contributed by atoms with van der Waals surface area (Å²) in [4.78, 5) is 15.5. The van der Waals surface area contributed by atoms with Crippen molar-refractivity contribution in [3.05, 3.63) is 54.0 Å². The molecular weight excluding hydrogens is 263 g/mol. The molecule has 0 aliphatic rings. The van der Waals surface area contributed by atoms with Gasteiger partial charge in [-0.25, -0.2) is 9.37 Å². The summed E-state index contributed by atoms with van der Waals surface area (Å²) in [5, 5.41) is 21.7. The molecule has 3 N–H and O–H groups in total. The summed E-state index contributed by atoms with van der Waals surface area (Å²) < 4.78 is 13.0. The van der Waals surface area contributed by atoms with Crippen LogP contribution in [0.1, 0.15) is 18.1 Å². The number of halogens is 1. The maximum atomic E-state index is 13.0. The van der Waals surface area contributed by atoms with Gasteiger partial charge in [0.2, 0.25) is 5.91 Å². The highest BCUT2D eigenvalue weighted by Gasteiger charge is 2.15. The molecule has 2 aromatic rings. The molecule has 0 bridgehead atoms. The largest absolute Gasteiger partial charge is 0.504 e. The molecular formula is C14H13FN2O3. The van der Waals surface area contributed by atoms with E-state index in [1.54, 1.807) is 0 Å². The molecule has 20 heavy (non-hydrogen) atoms. The first kappa shape index (κ1) is 14.0. The van der Waals surface area contributed by atoms with Gasteiger partial charge in [0, 0.05) is 6.20 Å². The second-order valence-electron chi connectivity index (χ2n) is 4.19. The van der Waals surface area contributed by atoms with E-state index in [-0.39, 0.29) is 18.0 Å². The maximum absolute atomic E-state index is 13.0. The summed E-state index contributed by atoms with van der Waals surface area (Å²) in [7, 11) is 0. The fourth-order valence-corrected chi connectivity index (χ4v) is 1.68. The maximum Gasteiger partial charge on any atom is 0.228 e. The minimum atomic E-state index is -1.13. The van der Waals surface area contributed by atoms with E-state index < -0.39 is 17.8 Å². The second kappa shape index (κ2) is 6.12. The average Bonchev–Trinajstić information content (AvgIpc) is 2.41. The van der Waals surface area contributed by atoms with Crippen molar-refractivity contribution >= 4 is 11.7 Å². The number of aromatic nitrogens is 1. The van der Waals surface area contributed by atoms with Crippen LogP contribution < -0.4 is 5.32 Å². The van der Waals surface area contributed by atoms with E-state index >= 15 is 0 Å². The summed E-state index contributed by atoms with van der Waals surface area (Å²) in [6, 6.07) is 8.30. The number of aromatic hydroxyl groups is 1. The van der Waals surface area contributed by atoms with Gasteiger partial charge < -0.3 is 15.5 Å². The summed E-state index contributed by atoms with van der Waals surface area (Å²) >= 11 is 0. The van der Waals surface area contributed by atoms with Gasteiger partial charge in [0.25, 0.3) is 0 Å². The Labute approximate surface area is 114 Å². The van der Waals surface area contributed by atoms with Crippen molar-refractivity contribution in [2.75, 3.05) is 5.32 Å². The van der Waals surface area contributed by atoms with E-state index in [0.717, 1.165) is 6.07 Å². The van der Waals surface area contributed by atoms with Gasteiger partial charge in [-0.2, -0.15) is 0 Å². The number of benzene rings is 1. The molecule has 0 aliphatic carbocycles. The first-order valence-electron chi connectivity index (χ1n) is 5.93. The standard InChI is InChI=1S/C14H13FN2O3/c15-10-4-1-3-9(7-10)12(19)8-13(20)17-14-11(18)5-2-6-16-14/h1-7,12,18-19H,8H2,(H,16,17,20). The number of carbonyl (C=O) groups is 1. The SMILES string of the molecule is O=C(CC(O)c1cccc(F)c1)Nc1ncccc1O. The highest BCUT2D eigenvalue weighted by atomic mass is 19.1. The Morgan fingerprint density at radius 3 is 2.85 bits per heavy atom. The van der Waals surface area contributed by atoms with Crippen molar-refractivity contribution in [3.8, 4) is 5.75 Å². The van der Waals surface area contributed by atoms with E-state index in [2.05, 4.69) is 10.3 Å². The van der Waals surface area contributed by atoms with Crippen LogP contribution in [0.4, 0.5) is 10.2 Å². The van der Waals surface area contributed by atoms with Gasteiger partial charge in [-0.15, -0.1) is 0 Å². The minimum Gasteiger partial charge on any atom is -0.504 e. The molecule has 6 heteroatoms. The molecule has 1 amide bonds. The van der Waals surface area contributed by atoms with E-state index in [9.17, 15) is 19.4 Å². The Bertz CT molecular complexity index is 619. The molecule has 0 radical (unpaired) electrons. The van der Waals surface area contributed by atoms with E-state index in [1.807, 2.05) is 0 Å².